The zero-order valence-electron chi connectivity index (χ0n) is 8.76. The van der Waals surface area contributed by atoms with E-state index in [0.29, 0.717) is 0 Å². The van der Waals surface area contributed by atoms with Crippen LogP contribution < -0.4 is 0 Å². The molecule has 90 valence electrons. The molecule has 0 saturated heterocycles. The van der Waals surface area contributed by atoms with Crippen LogP contribution in [0.5, 0.6) is 0 Å². The minimum Gasteiger partial charge on any atom is -0.388 e. The van der Waals surface area contributed by atoms with Gasteiger partial charge in [-0.2, -0.15) is 0 Å². The summed E-state index contributed by atoms with van der Waals surface area (Å²) in [4.78, 5) is 14.7. The van der Waals surface area contributed by atoms with Crippen molar-refractivity contribution < 1.29 is 39.5 Å². The number of rotatable bonds is 5. The minimum atomic E-state index is -0.427. The molecule has 0 radical (unpaired) electrons. The summed E-state index contributed by atoms with van der Waals surface area (Å²) in [6.07, 6.45) is 0. The molecule has 0 aromatic rings. The number of methoxy groups -OCH3 is 2. The van der Waals surface area contributed by atoms with Gasteiger partial charge in [-0.3, -0.25) is 0 Å². The molecule has 0 saturated carbocycles. The molecule has 0 spiro atoms. The molecule has 0 aromatic heterocycles. The molecule has 0 amide bonds. The monoisotopic (exact) mass is 218 g/mol. The largest absolute Gasteiger partial charge is 0.388 e. The quantitative estimate of drug-likeness (QED) is 0.295. The summed E-state index contributed by atoms with van der Waals surface area (Å²) in [5.41, 5.74) is 0. The molecule has 0 unspecified atom stereocenters. The molecule has 0 aliphatic rings. The third-order valence-electron chi connectivity index (χ3n) is 0.285. The summed E-state index contributed by atoms with van der Waals surface area (Å²) in [6.45, 7) is -0.854. The van der Waals surface area contributed by atoms with E-state index in [0.717, 1.165) is 0 Å². The standard InChI is InChI=1S/C2H6O6.2C2H6O/c3-5-1-7-8-2-6-4;2*1-3-2/h3-4H,1-2H2;2*1-2H3. The highest BCUT2D eigenvalue weighted by molar-refractivity contribution is 3.78. The van der Waals surface area contributed by atoms with Crippen molar-refractivity contribution in [2.75, 3.05) is 42.0 Å². The Morgan fingerprint density at radius 3 is 1.07 bits per heavy atom. The van der Waals surface area contributed by atoms with Gasteiger partial charge in [-0.15, -0.1) is 0 Å². The van der Waals surface area contributed by atoms with Crippen molar-refractivity contribution >= 4 is 0 Å². The van der Waals surface area contributed by atoms with Gasteiger partial charge in [0, 0.05) is 28.4 Å². The highest BCUT2D eigenvalue weighted by Crippen LogP contribution is 1.76. The lowest BCUT2D eigenvalue weighted by Crippen LogP contribution is -2.01. The molecule has 2 N–H and O–H groups in total. The summed E-state index contributed by atoms with van der Waals surface area (Å²) >= 11 is 0. The van der Waals surface area contributed by atoms with Gasteiger partial charge >= 0.3 is 0 Å². The Morgan fingerprint density at radius 2 is 0.929 bits per heavy atom. The van der Waals surface area contributed by atoms with Crippen molar-refractivity contribution in [3.63, 3.8) is 0 Å². The highest BCUT2D eigenvalue weighted by atomic mass is 17.3. The number of hydrogen-bond donors (Lipinski definition) is 2. The molecule has 0 bridgehead atoms. The molecule has 0 fully saturated rings. The maximum atomic E-state index is 7.56. The predicted octanol–water partition coefficient (Wildman–Crippen LogP) is 0.354. The summed E-state index contributed by atoms with van der Waals surface area (Å²) in [6, 6.07) is 0. The summed E-state index contributed by atoms with van der Waals surface area (Å²) in [5.74, 6) is 0. The lowest BCUT2D eigenvalue weighted by atomic mass is 11.5. The van der Waals surface area contributed by atoms with Crippen LogP contribution in [0.4, 0.5) is 0 Å². The Bertz CT molecular complexity index is 53.8. The molecular weight excluding hydrogens is 200 g/mol. The molecule has 14 heavy (non-hydrogen) atoms. The zero-order valence-corrected chi connectivity index (χ0v) is 8.76. The first-order valence-corrected chi connectivity index (χ1v) is 3.32. The molecule has 8 nitrogen and oxygen atoms in total. The van der Waals surface area contributed by atoms with Crippen LogP contribution >= 0.6 is 0 Å². The van der Waals surface area contributed by atoms with Gasteiger partial charge in [-0.25, -0.2) is 30.1 Å². The first-order chi connectivity index (χ1) is 6.74. The minimum absolute atomic E-state index is 0.427. The van der Waals surface area contributed by atoms with Gasteiger partial charge in [-0.05, 0) is 0 Å². The second-order valence-corrected chi connectivity index (χ2v) is 1.55. The zero-order chi connectivity index (χ0) is 11.7. The van der Waals surface area contributed by atoms with Gasteiger partial charge in [-0.1, -0.05) is 0 Å². The van der Waals surface area contributed by atoms with E-state index in [-0.39, 0.29) is 0 Å². The Morgan fingerprint density at radius 1 is 0.714 bits per heavy atom. The van der Waals surface area contributed by atoms with E-state index in [1.165, 1.54) is 0 Å². The van der Waals surface area contributed by atoms with Gasteiger partial charge in [0.25, 0.3) is 0 Å². The van der Waals surface area contributed by atoms with E-state index in [1.54, 1.807) is 28.4 Å². The third kappa shape index (κ3) is 60.8. The summed E-state index contributed by atoms with van der Waals surface area (Å²) < 4.78 is 8.50. The highest BCUT2D eigenvalue weighted by Gasteiger charge is 1.83. The number of ether oxygens (including phenoxy) is 2. The molecule has 0 aromatic carbocycles. The van der Waals surface area contributed by atoms with Crippen LogP contribution in [0.2, 0.25) is 0 Å². The summed E-state index contributed by atoms with van der Waals surface area (Å²) in [7, 11) is 6.50. The van der Waals surface area contributed by atoms with Crippen LogP contribution in [-0.4, -0.2) is 52.5 Å². The molecule has 0 heterocycles. The summed E-state index contributed by atoms with van der Waals surface area (Å²) in [5, 5.41) is 15.1. The van der Waals surface area contributed by atoms with Crippen molar-refractivity contribution in [1.29, 1.82) is 0 Å². The molecule has 0 rings (SSSR count). The molecule has 0 aliphatic carbocycles. The fourth-order valence-corrected chi connectivity index (χ4v) is 0.111. The lowest BCUT2D eigenvalue weighted by Gasteiger charge is -1.96. The Labute approximate surface area is 82.6 Å². The van der Waals surface area contributed by atoms with Gasteiger partial charge in [0.05, 0.1) is 0 Å². The fraction of sp³-hybridized carbons (Fsp3) is 1.00. The average molecular weight is 218 g/mol. The van der Waals surface area contributed by atoms with Crippen molar-refractivity contribution in [1.82, 2.24) is 0 Å². The van der Waals surface area contributed by atoms with Gasteiger partial charge in [0.15, 0.2) is 0 Å². The van der Waals surface area contributed by atoms with E-state index in [4.69, 9.17) is 10.5 Å². The van der Waals surface area contributed by atoms with Crippen LogP contribution in [0.1, 0.15) is 0 Å². The van der Waals surface area contributed by atoms with Crippen molar-refractivity contribution in [2.24, 2.45) is 0 Å². The maximum absolute atomic E-state index is 7.56. The van der Waals surface area contributed by atoms with Crippen LogP contribution in [0.25, 0.3) is 0 Å². The smallest absolute Gasteiger partial charge is 0.214 e. The molecular formula is C6H18O8. The predicted molar refractivity (Wildman–Crippen MR) is 45.2 cm³/mol. The molecule has 8 heteroatoms. The van der Waals surface area contributed by atoms with Crippen molar-refractivity contribution in [3.8, 4) is 0 Å². The average Bonchev–Trinajstić information content (AvgIpc) is 2.15. The SMILES string of the molecule is COC.COC.OOCOOCOO. The maximum Gasteiger partial charge on any atom is 0.214 e. The Balaban J connectivity index is -0.000000168. The van der Waals surface area contributed by atoms with E-state index in [1.807, 2.05) is 0 Å². The van der Waals surface area contributed by atoms with Crippen LogP contribution in [0.3, 0.4) is 0 Å². The third-order valence-corrected chi connectivity index (χ3v) is 0.285. The van der Waals surface area contributed by atoms with Gasteiger partial charge in [0.1, 0.15) is 0 Å². The second kappa shape index (κ2) is 29.3. The lowest BCUT2D eigenvalue weighted by molar-refractivity contribution is -0.449. The normalized spacial score (nSPS) is 8.14. The van der Waals surface area contributed by atoms with Gasteiger partial charge < -0.3 is 9.47 Å². The van der Waals surface area contributed by atoms with E-state index >= 15 is 0 Å². The fourth-order valence-electron chi connectivity index (χ4n) is 0.111. The first kappa shape index (κ1) is 19.3. The topological polar surface area (TPSA) is 95.8 Å². The van der Waals surface area contributed by atoms with E-state index in [9.17, 15) is 0 Å². The molecule has 0 aliphatic heterocycles. The Kier molecular flexibility index (Phi) is 40.4. The first-order valence-electron chi connectivity index (χ1n) is 3.32. The van der Waals surface area contributed by atoms with E-state index in [2.05, 4.69) is 29.0 Å². The van der Waals surface area contributed by atoms with Crippen molar-refractivity contribution in [3.05, 3.63) is 0 Å². The van der Waals surface area contributed by atoms with Crippen LogP contribution in [0, 0.1) is 0 Å². The van der Waals surface area contributed by atoms with Crippen LogP contribution in [0.15, 0.2) is 0 Å². The van der Waals surface area contributed by atoms with Crippen molar-refractivity contribution in [2.45, 2.75) is 0 Å². The van der Waals surface area contributed by atoms with Crippen LogP contribution in [-0.2, 0) is 29.0 Å². The Hall–Kier alpha value is -0.320. The van der Waals surface area contributed by atoms with Gasteiger partial charge in [0.2, 0.25) is 13.6 Å². The second-order valence-electron chi connectivity index (χ2n) is 1.55. The number of hydrogen-bond acceptors (Lipinski definition) is 8. The molecule has 0 atom stereocenters. The van der Waals surface area contributed by atoms with E-state index < -0.39 is 13.6 Å².